The van der Waals surface area contributed by atoms with Crippen molar-refractivity contribution >= 4 is 11.9 Å². The molecule has 0 aliphatic carbocycles. The lowest BCUT2D eigenvalue weighted by Gasteiger charge is -2.33. The smallest absolute Gasteiger partial charge is 0.303 e. The molecule has 0 aromatic heterocycles. The van der Waals surface area contributed by atoms with Gasteiger partial charge in [-0.3, -0.25) is 9.59 Å². The first-order valence-electron chi connectivity index (χ1n) is 9.05. The zero-order valence-corrected chi connectivity index (χ0v) is 15.6. The van der Waals surface area contributed by atoms with E-state index in [0.29, 0.717) is 24.8 Å². The van der Waals surface area contributed by atoms with Crippen molar-refractivity contribution in [1.82, 2.24) is 4.90 Å². The Morgan fingerprint density at radius 3 is 2.40 bits per heavy atom. The second kappa shape index (κ2) is 8.37. The molecule has 1 atom stereocenters. The summed E-state index contributed by atoms with van der Waals surface area (Å²) in [6.45, 7) is 9.36. The molecule has 25 heavy (non-hydrogen) atoms. The number of hydrogen-bond donors (Lipinski definition) is 1. The average molecular weight is 347 g/mol. The van der Waals surface area contributed by atoms with Crippen LogP contribution in [0.1, 0.15) is 57.1 Å². The van der Waals surface area contributed by atoms with Gasteiger partial charge in [0.15, 0.2) is 6.10 Å². The minimum atomic E-state index is -0.762. The summed E-state index contributed by atoms with van der Waals surface area (Å²) in [5, 5.41) is 8.87. The van der Waals surface area contributed by atoms with E-state index >= 15 is 0 Å². The van der Waals surface area contributed by atoms with Gasteiger partial charge in [0.1, 0.15) is 5.75 Å². The topological polar surface area (TPSA) is 66.8 Å². The second-order valence-corrected chi connectivity index (χ2v) is 7.30. The number of aliphatic carboxylic acids is 1. The van der Waals surface area contributed by atoms with Gasteiger partial charge in [-0.2, -0.15) is 0 Å². The fourth-order valence-corrected chi connectivity index (χ4v) is 3.49. The Hall–Kier alpha value is -2.04. The van der Waals surface area contributed by atoms with Crippen LogP contribution in [0, 0.1) is 12.8 Å². The van der Waals surface area contributed by atoms with E-state index in [0.717, 1.165) is 12.8 Å². The van der Waals surface area contributed by atoms with E-state index in [-0.39, 0.29) is 18.2 Å². The molecule has 0 saturated carbocycles. The van der Waals surface area contributed by atoms with Gasteiger partial charge >= 0.3 is 5.97 Å². The lowest BCUT2D eigenvalue weighted by Crippen LogP contribution is -2.45. The van der Waals surface area contributed by atoms with Crippen molar-refractivity contribution in [2.24, 2.45) is 5.92 Å². The van der Waals surface area contributed by atoms with E-state index in [1.165, 1.54) is 11.1 Å². The molecular formula is C20H29NO4. The Morgan fingerprint density at radius 2 is 1.88 bits per heavy atom. The molecule has 1 heterocycles. The third-order valence-corrected chi connectivity index (χ3v) is 4.91. The average Bonchev–Trinajstić information content (AvgIpc) is 2.54. The molecular weight excluding hydrogens is 318 g/mol. The molecule has 1 aromatic carbocycles. The van der Waals surface area contributed by atoms with Gasteiger partial charge in [-0.05, 0) is 61.8 Å². The molecule has 138 valence electrons. The van der Waals surface area contributed by atoms with Gasteiger partial charge in [-0.1, -0.05) is 19.9 Å². The minimum absolute atomic E-state index is 0.0284. The van der Waals surface area contributed by atoms with Crippen LogP contribution in [0.4, 0.5) is 0 Å². The number of carbonyl (C=O) groups excluding carboxylic acids is 1. The molecule has 5 nitrogen and oxygen atoms in total. The monoisotopic (exact) mass is 347 g/mol. The Labute approximate surface area is 150 Å². The number of nitrogens with zero attached hydrogens (tertiary/aromatic N) is 1. The van der Waals surface area contributed by atoms with Crippen LogP contribution in [0.15, 0.2) is 18.2 Å². The quantitative estimate of drug-likeness (QED) is 0.854. The predicted octanol–water partition coefficient (Wildman–Crippen LogP) is 3.60. The first-order chi connectivity index (χ1) is 11.8. The molecule has 0 bridgehead atoms. The number of carboxylic acid groups (broad SMARTS) is 1. The molecule has 1 unspecified atom stereocenters. The molecule has 1 aliphatic heterocycles. The van der Waals surface area contributed by atoms with Crippen molar-refractivity contribution in [2.75, 3.05) is 13.1 Å². The number of amides is 1. The van der Waals surface area contributed by atoms with Crippen LogP contribution in [0.25, 0.3) is 0 Å². The van der Waals surface area contributed by atoms with Crippen molar-refractivity contribution in [1.29, 1.82) is 0 Å². The maximum Gasteiger partial charge on any atom is 0.303 e. The fourth-order valence-electron chi connectivity index (χ4n) is 3.49. The zero-order chi connectivity index (χ0) is 18.6. The van der Waals surface area contributed by atoms with Crippen LogP contribution in [-0.2, 0) is 9.59 Å². The van der Waals surface area contributed by atoms with Crippen LogP contribution in [-0.4, -0.2) is 41.1 Å². The number of carboxylic acids is 1. The number of benzene rings is 1. The summed E-state index contributed by atoms with van der Waals surface area (Å²) in [4.78, 5) is 25.2. The zero-order valence-electron chi connectivity index (χ0n) is 15.6. The largest absolute Gasteiger partial charge is 0.481 e. The fraction of sp³-hybridized carbons (Fsp3) is 0.600. The number of rotatable bonds is 6. The first kappa shape index (κ1) is 19.3. The van der Waals surface area contributed by atoms with E-state index in [1.54, 1.807) is 11.8 Å². The number of ether oxygens (including phenoxy) is 1. The van der Waals surface area contributed by atoms with E-state index in [1.807, 2.05) is 12.1 Å². The van der Waals surface area contributed by atoms with Gasteiger partial charge in [-0.15, -0.1) is 0 Å². The van der Waals surface area contributed by atoms with Crippen LogP contribution in [0.5, 0.6) is 5.75 Å². The van der Waals surface area contributed by atoms with Crippen molar-refractivity contribution in [3.8, 4) is 5.75 Å². The highest BCUT2D eigenvalue weighted by atomic mass is 16.5. The van der Waals surface area contributed by atoms with Gasteiger partial charge in [0.2, 0.25) is 0 Å². The summed E-state index contributed by atoms with van der Waals surface area (Å²) in [6, 6.07) is 5.97. The van der Waals surface area contributed by atoms with Gasteiger partial charge in [-0.25, -0.2) is 0 Å². The second-order valence-electron chi connectivity index (χ2n) is 7.30. The summed E-state index contributed by atoms with van der Waals surface area (Å²) >= 11 is 0. The minimum Gasteiger partial charge on any atom is -0.481 e. The highest BCUT2D eigenvalue weighted by Gasteiger charge is 2.28. The van der Waals surface area contributed by atoms with Crippen molar-refractivity contribution in [3.05, 3.63) is 29.3 Å². The highest BCUT2D eigenvalue weighted by Crippen LogP contribution is 2.25. The van der Waals surface area contributed by atoms with Crippen LogP contribution in [0.2, 0.25) is 0 Å². The highest BCUT2D eigenvalue weighted by molar-refractivity contribution is 5.81. The molecule has 1 amide bonds. The summed E-state index contributed by atoms with van der Waals surface area (Å²) in [5.74, 6) is 0.550. The maximum atomic E-state index is 12.6. The first-order valence-corrected chi connectivity index (χ1v) is 9.05. The Bertz CT molecular complexity index is 618. The SMILES string of the molecule is Cc1cc(OC(C)C(=O)N2CCC(CC(=O)O)CC2)ccc1C(C)C. The lowest BCUT2D eigenvalue weighted by atomic mass is 9.93. The van der Waals surface area contributed by atoms with E-state index < -0.39 is 12.1 Å². The molecule has 0 spiro atoms. The maximum absolute atomic E-state index is 12.6. The molecule has 1 aromatic rings. The van der Waals surface area contributed by atoms with Crippen LogP contribution in [0.3, 0.4) is 0 Å². The predicted molar refractivity (Wildman–Crippen MR) is 96.9 cm³/mol. The molecule has 5 heteroatoms. The van der Waals surface area contributed by atoms with Crippen LogP contribution < -0.4 is 4.74 Å². The number of hydrogen-bond acceptors (Lipinski definition) is 3. The standard InChI is InChI=1S/C20H29NO4/c1-13(2)18-6-5-17(11-14(18)3)25-15(4)20(24)21-9-7-16(8-10-21)12-19(22)23/h5-6,11,13,15-16H,7-10,12H2,1-4H3,(H,22,23). The van der Waals surface area contributed by atoms with Gasteiger partial charge in [0.05, 0.1) is 0 Å². The summed E-state index contributed by atoms with van der Waals surface area (Å²) in [5.41, 5.74) is 2.45. The Kier molecular flexibility index (Phi) is 6.45. The molecule has 1 aliphatic rings. The van der Waals surface area contributed by atoms with E-state index in [2.05, 4.69) is 26.8 Å². The number of carbonyl (C=O) groups is 2. The molecule has 1 N–H and O–H groups in total. The Morgan fingerprint density at radius 1 is 1.24 bits per heavy atom. The molecule has 1 fully saturated rings. The van der Waals surface area contributed by atoms with Crippen molar-refractivity contribution in [2.45, 2.75) is 59.0 Å². The lowest BCUT2D eigenvalue weighted by molar-refractivity contribution is -0.140. The number of likely N-dealkylation sites (tertiary alicyclic amines) is 1. The molecule has 0 radical (unpaired) electrons. The molecule has 1 saturated heterocycles. The van der Waals surface area contributed by atoms with Crippen molar-refractivity contribution < 1.29 is 19.4 Å². The van der Waals surface area contributed by atoms with Gasteiger partial charge in [0, 0.05) is 19.5 Å². The summed E-state index contributed by atoms with van der Waals surface area (Å²) in [6.07, 6.45) is 1.13. The molecule has 2 rings (SSSR count). The normalized spacial score (nSPS) is 16.8. The van der Waals surface area contributed by atoms with Gasteiger partial charge in [0.25, 0.3) is 5.91 Å². The third-order valence-electron chi connectivity index (χ3n) is 4.91. The number of piperidine rings is 1. The summed E-state index contributed by atoms with van der Waals surface area (Å²) in [7, 11) is 0. The number of aryl methyl sites for hydroxylation is 1. The third kappa shape index (κ3) is 5.21. The van der Waals surface area contributed by atoms with E-state index in [9.17, 15) is 9.59 Å². The van der Waals surface area contributed by atoms with Crippen molar-refractivity contribution in [3.63, 3.8) is 0 Å². The van der Waals surface area contributed by atoms with Crippen LogP contribution >= 0.6 is 0 Å². The summed E-state index contributed by atoms with van der Waals surface area (Å²) < 4.78 is 5.85. The van der Waals surface area contributed by atoms with Gasteiger partial charge < -0.3 is 14.7 Å². The van der Waals surface area contributed by atoms with E-state index in [4.69, 9.17) is 9.84 Å². The Balaban J connectivity index is 1.90.